The quantitative estimate of drug-likeness (QED) is 0.819. The van der Waals surface area contributed by atoms with Crippen molar-refractivity contribution >= 4 is 5.82 Å². The van der Waals surface area contributed by atoms with Gasteiger partial charge in [0.2, 0.25) is 0 Å². The normalized spacial score (nSPS) is 13.8. The minimum Gasteiger partial charge on any atom is -0.384 e. The lowest BCUT2D eigenvalue weighted by Crippen LogP contribution is -2.10. The highest BCUT2D eigenvalue weighted by Crippen LogP contribution is 2.26. The summed E-state index contributed by atoms with van der Waals surface area (Å²) in [5, 5.41) is 3.42. The van der Waals surface area contributed by atoms with Crippen LogP contribution < -0.4 is 5.32 Å². The van der Waals surface area contributed by atoms with Gasteiger partial charge in [-0.15, -0.1) is 0 Å². The number of nitrogens with one attached hydrogen (secondary N) is 1. The Kier molecular flexibility index (Phi) is 4.31. The number of fused-ring (bicyclic) bond motifs is 1. The number of anilines is 1. The van der Waals surface area contributed by atoms with Gasteiger partial charge in [-0.05, 0) is 25.7 Å². The highest BCUT2D eigenvalue weighted by Gasteiger charge is 2.18. The molecule has 4 nitrogen and oxygen atoms in total. The number of nitrogens with zero attached hydrogens (tertiary/aromatic N) is 2. The molecule has 0 radical (unpaired) electrons. The molecule has 0 saturated heterocycles. The summed E-state index contributed by atoms with van der Waals surface area (Å²) in [6, 6.07) is 0. The van der Waals surface area contributed by atoms with E-state index in [0.717, 1.165) is 43.9 Å². The molecule has 1 N–H and O–H groups in total. The molecule has 0 saturated carbocycles. The summed E-state index contributed by atoms with van der Waals surface area (Å²) >= 11 is 0. The van der Waals surface area contributed by atoms with Crippen molar-refractivity contribution in [2.24, 2.45) is 0 Å². The first-order valence-corrected chi connectivity index (χ1v) is 6.46. The predicted octanol–water partition coefficient (Wildman–Crippen LogP) is 1.98. The van der Waals surface area contributed by atoms with Crippen molar-refractivity contribution in [3.05, 3.63) is 17.1 Å². The van der Waals surface area contributed by atoms with E-state index < -0.39 is 0 Å². The molecule has 1 aliphatic carbocycles. The molecule has 0 fully saturated rings. The molecule has 17 heavy (non-hydrogen) atoms. The first-order chi connectivity index (χ1) is 8.35. The first-order valence-electron chi connectivity index (χ1n) is 6.46. The summed E-state index contributed by atoms with van der Waals surface area (Å²) in [5.74, 6) is 1.96. The van der Waals surface area contributed by atoms with E-state index >= 15 is 0 Å². The van der Waals surface area contributed by atoms with E-state index in [9.17, 15) is 0 Å². The van der Waals surface area contributed by atoms with E-state index in [1.165, 1.54) is 17.7 Å². The van der Waals surface area contributed by atoms with Crippen LogP contribution in [0.1, 0.15) is 36.8 Å². The smallest absolute Gasteiger partial charge is 0.133 e. The molecule has 1 heterocycles. The lowest BCUT2D eigenvalue weighted by molar-refractivity contribution is 0.200. The maximum absolute atomic E-state index is 5.09. The predicted molar refractivity (Wildman–Crippen MR) is 68.4 cm³/mol. The maximum Gasteiger partial charge on any atom is 0.133 e. The van der Waals surface area contributed by atoms with Gasteiger partial charge < -0.3 is 10.1 Å². The van der Waals surface area contributed by atoms with Gasteiger partial charge in [0.1, 0.15) is 11.6 Å². The van der Waals surface area contributed by atoms with Gasteiger partial charge in [-0.3, -0.25) is 0 Å². The number of aryl methyl sites for hydroxylation is 1. The molecule has 0 atom stereocenters. The van der Waals surface area contributed by atoms with E-state index in [4.69, 9.17) is 4.74 Å². The average Bonchev–Trinajstić information content (AvgIpc) is 2.81. The van der Waals surface area contributed by atoms with Crippen molar-refractivity contribution in [2.75, 3.05) is 25.6 Å². The molecule has 2 rings (SSSR count). The fraction of sp³-hybridized carbons (Fsp3) is 0.692. The Balaban J connectivity index is 2.19. The van der Waals surface area contributed by atoms with E-state index in [2.05, 4.69) is 22.2 Å². The highest BCUT2D eigenvalue weighted by molar-refractivity contribution is 5.48. The molecule has 1 aromatic heterocycles. The van der Waals surface area contributed by atoms with Crippen LogP contribution >= 0.6 is 0 Å². The molecule has 0 bridgehead atoms. The molecular weight excluding hydrogens is 214 g/mol. The zero-order chi connectivity index (χ0) is 12.1. The zero-order valence-corrected chi connectivity index (χ0v) is 10.8. The fourth-order valence-electron chi connectivity index (χ4n) is 2.18. The second kappa shape index (κ2) is 5.96. The topological polar surface area (TPSA) is 47.0 Å². The molecule has 1 aliphatic rings. The summed E-state index contributed by atoms with van der Waals surface area (Å²) in [4.78, 5) is 9.25. The van der Waals surface area contributed by atoms with Gasteiger partial charge in [-0.25, -0.2) is 9.97 Å². The lowest BCUT2D eigenvalue weighted by atomic mass is 10.2. The van der Waals surface area contributed by atoms with Crippen LogP contribution in [0.5, 0.6) is 0 Å². The molecule has 0 unspecified atom stereocenters. The van der Waals surface area contributed by atoms with E-state index in [-0.39, 0.29) is 0 Å². The molecule has 0 aliphatic heterocycles. The third-order valence-electron chi connectivity index (χ3n) is 3.05. The second-order valence-electron chi connectivity index (χ2n) is 4.44. The summed E-state index contributed by atoms with van der Waals surface area (Å²) < 4.78 is 5.09. The Hall–Kier alpha value is -1.16. The van der Waals surface area contributed by atoms with Crippen LogP contribution in [0.4, 0.5) is 5.82 Å². The molecule has 1 aromatic rings. The molecule has 0 amide bonds. The molecule has 0 spiro atoms. The number of rotatable bonds is 6. The van der Waals surface area contributed by atoms with Crippen LogP contribution in [-0.4, -0.2) is 30.2 Å². The summed E-state index contributed by atoms with van der Waals surface area (Å²) in [5.41, 5.74) is 2.57. The first kappa shape index (κ1) is 12.3. The fourth-order valence-corrected chi connectivity index (χ4v) is 2.18. The van der Waals surface area contributed by atoms with Gasteiger partial charge in [-0.2, -0.15) is 0 Å². The van der Waals surface area contributed by atoms with E-state index in [1.807, 2.05) is 0 Å². The minimum absolute atomic E-state index is 0.687. The van der Waals surface area contributed by atoms with Crippen molar-refractivity contribution < 1.29 is 4.74 Å². The Morgan fingerprint density at radius 3 is 2.94 bits per heavy atom. The third kappa shape index (κ3) is 2.94. The van der Waals surface area contributed by atoms with E-state index in [0.29, 0.717) is 6.61 Å². The number of ether oxygens (including phenoxy) is 1. The Bertz CT molecular complexity index is 379. The standard InChI is InChI=1S/C13H21N3O/c1-3-8-14-13-10-5-4-6-11(10)15-12(16-13)7-9-17-2/h3-9H2,1-2H3,(H,14,15,16). The van der Waals surface area contributed by atoms with E-state index in [1.54, 1.807) is 7.11 Å². The van der Waals surface area contributed by atoms with Crippen molar-refractivity contribution in [3.8, 4) is 0 Å². The third-order valence-corrected chi connectivity index (χ3v) is 3.05. The maximum atomic E-state index is 5.09. The van der Waals surface area contributed by atoms with Gasteiger partial charge in [-0.1, -0.05) is 6.92 Å². The minimum atomic E-state index is 0.687. The van der Waals surface area contributed by atoms with Gasteiger partial charge in [0.05, 0.1) is 6.61 Å². The van der Waals surface area contributed by atoms with Crippen LogP contribution in [0.25, 0.3) is 0 Å². The Morgan fingerprint density at radius 2 is 2.18 bits per heavy atom. The van der Waals surface area contributed by atoms with Crippen LogP contribution in [0.15, 0.2) is 0 Å². The van der Waals surface area contributed by atoms with Crippen molar-refractivity contribution in [2.45, 2.75) is 39.0 Å². The monoisotopic (exact) mass is 235 g/mol. The van der Waals surface area contributed by atoms with Crippen LogP contribution in [0.2, 0.25) is 0 Å². The molecule has 0 aromatic carbocycles. The number of methoxy groups -OCH3 is 1. The molecule has 94 valence electrons. The van der Waals surface area contributed by atoms with Gasteiger partial charge in [0, 0.05) is 31.3 Å². The summed E-state index contributed by atoms with van der Waals surface area (Å²) in [6.07, 6.45) is 5.33. The van der Waals surface area contributed by atoms with Crippen molar-refractivity contribution in [1.29, 1.82) is 0 Å². The number of hydrogen-bond donors (Lipinski definition) is 1. The lowest BCUT2D eigenvalue weighted by Gasteiger charge is -2.11. The Morgan fingerprint density at radius 1 is 1.29 bits per heavy atom. The second-order valence-corrected chi connectivity index (χ2v) is 4.44. The number of hydrogen-bond acceptors (Lipinski definition) is 4. The van der Waals surface area contributed by atoms with Crippen molar-refractivity contribution in [1.82, 2.24) is 9.97 Å². The van der Waals surface area contributed by atoms with Crippen LogP contribution in [-0.2, 0) is 24.0 Å². The Labute approximate surface area is 103 Å². The van der Waals surface area contributed by atoms with Crippen molar-refractivity contribution in [3.63, 3.8) is 0 Å². The SMILES string of the molecule is CCCNc1nc(CCOC)nc2c1CCC2. The highest BCUT2D eigenvalue weighted by atomic mass is 16.5. The molecule has 4 heteroatoms. The molecular formula is C13H21N3O. The summed E-state index contributed by atoms with van der Waals surface area (Å²) in [7, 11) is 1.71. The largest absolute Gasteiger partial charge is 0.384 e. The van der Waals surface area contributed by atoms with Gasteiger partial charge >= 0.3 is 0 Å². The zero-order valence-electron chi connectivity index (χ0n) is 10.8. The van der Waals surface area contributed by atoms with Gasteiger partial charge in [0.25, 0.3) is 0 Å². The number of aromatic nitrogens is 2. The summed E-state index contributed by atoms with van der Waals surface area (Å²) in [6.45, 7) is 3.83. The average molecular weight is 235 g/mol. The van der Waals surface area contributed by atoms with Gasteiger partial charge in [0.15, 0.2) is 0 Å². The van der Waals surface area contributed by atoms with Crippen LogP contribution in [0.3, 0.4) is 0 Å². The van der Waals surface area contributed by atoms with Crippen LogP contribution in [0, 0.1) is 0 Å².